The molecule has 0 aliphatic rings. The Labute approximate surface area is 138 Å². The van der Waals surface area contributed by atoms with Crippen LogP contribution in [0.5, 0.6) is 0 Å². The molecular weight excluding hydrogens is 320 g/mol. The Hall–Kier alpha value is -1.98. The molecule has 114 valence electrons. The fourth-order valence-electron chi connectivity index (χ4n) is 1.67. The van der Waals surface area contributed by atoms with Gasteiger partial charge in [0, 0.05) is 16.3 Å². The van der Waals surface area contributed by atoms with E-state index in [1.54, 1.807) is 24.3 Å². The minimum absolute atomic E-state index is 0.247. The van der Waals surface area contributed by atoms with Crippen LogP contribution in [0.1, 0.15) is 15.9 Å². The number of benzene rings is 2. The summed E-state index contributed by atoms with van der Waals surface area (Å²) in [7, 11) is 0. The van der Waals surface area contributed by atoms with Crippen LogP contribution in [0.3, 0.4) is 0 Å². The molecule has 0 fully saturated rings. The summed E-state index contributed by atoms with van der Waals surface area (Å²) < 4.78 is 0. The van der Waals surface area contributed by atoms with Crippen LogP contribution in [0.2, 0.25) is 5.02 Å². The predicted octanol–water partition coefficient (Wildman–Crippen LogP) is 3.03. The molecule has 0 saturated heterocycles. The number of nitrogens with one attached hydrogen (secondary N) is 2. The van der Waals surface area contributed by atoms with Crippen molar-refractivity contribution < 1.29 is 9.59 Å². The zero-order valence-electron chi connectivity index (χ0n) is 11.7. The van der Waals surface area contributed by atoms with E-state index in [0.717, 1.165) is 11.3 Å². The molecule has 0 atom stereocenters. The van der Waals surface area contributed by atoms with Crippen molar-refractivity contribution in [2.75, 3.05) is 5.75 Å². The maximum Gasteiger partial charge on any atom is 0.269 e. The van der Waals surface area contributed by atoms with E-state index in [1.807, 2.05) is 30.3 Å². The minimum Gasteiger partial charge on any atom is -0.272 e. The molecule has 0 heterocycles. The van der Waals surface area contributed by atoms with E-state index in [2.05, 4.69) is 10.9 Å². The summed E-state index contributed by atoms with van der Waals surface area (Å²) in [6.07, 6.45) is 0. The highest BCUT2D eigenvalue weighted by atomic mass is 35.5. The Kier molecular flexibility index (Phi) is 6.30. The SMILES string of the molecule is O=C(CSCc1ccccc1)NNC(=O)c1ccc(Cl)cc1. The number of hydrogen-bond donors (Lipinski definition) is 2. The van der Waals surface area contributed by atoms with Crippen LogP contribution < -0.4 is 10.9 Å². The molecule has 0 spiro atoms. The summed E-state index contributed by atoms with van der Waals surface area (Å²) in [4.78, 5) is 23.4. The van der Waals surface area contributed by atoms with E-state index in [4.69, 9.17) is 11.6 Å². The number of rotatable bonds is 5. The van der Waals surface area contributed by atoms with Gasteiger partial charge in [-0.25, -0.2) is 0 Å². The lowest BCUT2D eigenvalue weighted by molar-refractivity contribution is -0.119. The molecule has 0 aliphatic carbocycles. The van der Waals surface area contributed by atoms with Gasteiger partial charge in [0.1, 0.15) is 0 Å². The standard InChI is InChI=1S/C16H15ClN2O2S/c17-14-8-6-13(7-9-14)16(21)19-18-15(20)11-22-10-12-4-2-1-3-5-12/h1-9H,10-11H2,(H,18,20)(H,19,21). The van der Waals surface area contributed by atoms with Crippen LogP contribution in [0.4, 0.5) is 0 Å². The Morgan fingerprint density at radius 2 is 1.64 bits per heavy atom. The van der Waals surface area contributed by atoms with Gasteiger partial charge in [0.05, 0.1) is 5.75 Å². The highest BCUT2D eigenvalue weighted by molar-refractivity contribution is 7.99. The number of hydrogen-bond acceptors (Lipinski definition) is 3. The maximum atomic E-state index is 11.8. The maximum absolute atomic E-state index is 11.8. The third-order valence-electron chi connectivity index (χ3n) is 2.77. The number of carbonyl (C=O) groups excluding carboxylic acids is 2. The number of halogens is 1. The van der Waals surface area contributed by atoms with Gasteiger partial charge >= 0.3 is 0 Å². The van der Waals surface area contributed by atoms with Crippen molar-refractivity contribution in [3.05, 3.63) is 70.7 Å². The molecule has 2 aromatic carbocycles. The molecule has 2 aromatic rings. The number of thioether (sulfide) groups is 1. The quantitative estimate of drug-likeness (QED) is 0.826. The molecule has 0 unspecified atom stereocenters. The summed E-state index contributed by atoms with van der Waals surface area (Å²) >= 11 is 7.23. The lowest BCUT2D eigenvalue weighted by atomic mass is 10.2. The molecular formula is C16H15ClN2O2S. The van der Waals surface area contributed by atoms with Crippen molar-refractivity contribution >= 4 is 35.2 Å². The molecule has 2 amide bonds. The summed E-state index contributed by atoms with van der Waals surface area (Å²) in [6, 6.07) is 16.3. The van der Waals surface area contributed by atoms with Gasteiger partial charge < -0.3 is 0 Å². The normalized spacial score (nSPS) is 10.0. The lowest BCUT2D eigenvalue weighted by Crippen LogP contribution is -2.42. The van der Waals surface area contributed by atoms with Gasteiger partial charge in [-0.05, 0) is 29.8 Å². The zero-order valence-corrected chi connectivity index (χ0v) is 13.3. The fourth-order valence-corrected chi connectivity index (χ4v) is 2.59. The first-order valence-corrected chi connectivity index (χ1v) is 8.15. The molecule has 2 N–H and O–H groups in total. The lowest BCUT2D eigenvalue weighted by Gasteiger charge is -2.07. The second-order valence-electron chi connectivity index (χ2n) is 4.49. The van der Waals surface area contributed by atoms with Gasteiger partial charge in [-0.1, -0.05) is 41.9 Å². The minimum atomic E-state index is -0.377. The molecule has 0 radical (unpaired) electrons. The van der Waals surface area contributed by atoms with Crippen molar-refractivity contribution in [2.45, 2.75) is 5.75 Å². The molecule has 2 rings (SSSR count). The average molecular weight is 335 g/mol. The smallest absolute Gasteiger partial charge is 0.269 e. The first kappa shape index (κ1) is 16.4. The Morgan fingerprint density at radius 3 is 2.32 bits per heavy atom. The van der Waals surface area contributed by atoms with Crippen LogP contribution in [-0.2, 0) is 10.5 Å². The van der Waals surface area contributed by atoms with Crippen molar-refractivity contribution in [3.8, 4) is 0 Å². The predicted molar refractivity (Wildman–Crippen MR) is 89.7 cm³/mol. The summed E-state index contributed by atoms with van der Waals surface area (Å²) in [5.74, 6) is 0.399. The first-order valence-electron chi connectivity index (χ1n) is 6.61. The van der Waals surface area contributed by atoms with Crippen molar-refractivity contribution in [3.63, 3.8) is 0 Å². The van der Waals surface area contributed by atoms with Gasteiger partial charge in [-0.2, -0.15) is 0 Å². The van der Waals surface area contributed by atoms with Gasteiger partial charge in [0.15, 0.2) is 0 Å². The molecule has 22 heavy (non-hydrogen) atoms. The second-order valence-corrected chi connectivity index (χ2v) is 5.91. The Balaban J connectivity index is 1.69. The van der Waals surface area contributed by atoms with Gasteiger partial charge in [-0.15, -0.1) is 11.8 Å². The summed E-state index contributed by atoms with van der Waals surface area (Å²) in [5, 5.41) is 0.554. The van der Waals surface area contributed by atoms with Crippen LogP contribution in [0.25, 0.3) is 0 Å². The number of amides is 2. The van der Waals surface area contributed by atoms with Crippen molar-refractivity contribution in [1.82, 2.24) is 10.9 Å². The highest BCUT2D eigenvalue weighted by Crippen LogP contribution is 2.11. The third-order valence-corrected chi connectivity index (χ3v) is 4.02. The number of hydrazine groups is 1. The first-order chi connectivity index (χ1) is 10.6. The Morgan fingerprint density at radius 1 is 0.955 bits per heavy atom. The average Bonchev–Trinajstić information content (AvgIpc) is 2.54. The van der Waals surface area contributed by atoms with E-state index in [1.165, 1.54) is 11.8 Å². The third kappa shape index (κ3) is 5.42. The molecule has 6 heteroatoms. The van der Waals surface area contributed by atoms with Gasteiger partial charge in [-0.3, -0.25) is 20.4 Å². The largest absolute Gasteiger partial charge is 0.272 e. The summed E-state index contributed by atoms with van der Waals surface area (Å²) in [5.41, 5.74) is 6.35. The van der Waals surface area contributed by atoms with Crippen LogP contribution in [0, 0.1) is 0 Å². The second kappa shape index (κ2) is 8.46. The topological polar surface area (TPSA) is 58.2 Å². The van der Waals surface area contributed by atoms with Gasteiger partial charge in [0.25, 0.3) is 5.91 Å². The molecule has 0 saturated carbocycles. The monoisotopic (exact) mass is 334 g/mol. The molecule has 4 nitrogen and oxygen atoms in total. The van der Waals surface area contributed by atoms with Crippen LogP contribution in [-0.4, -0.2) is 17.6 Å². The van der Waals surface area contributed by atoms with E-state index in [-0.39, 0.29) is 17.6 Å². The molecule has 0 aliphatic heterocycles. The fraction of sp³-hybridized carbons (Fsp3) is 0.125. The highest BCUT2D eigenvalue weighted by Gasteiger charge is 2.07. The Bertz CT molecular complexity index is 632. The van der Waals surface area contributed by atoms with E-state index < -0.39 is 0 Å². The van der Waals surface area contributed by atoms with Crippen molar-refractivity contribution in [2.24, 2.45) is 0 Å². The molecule has 0 aromatic heterocycles. The van der Waals surface area contributed by atoms with Crippen LogP contribution >= 0.6 is 23.4 Å². The van der Waals surface area contributed by atoms with Crippen LogP contribution in [0.15, 0.2) is 54.6 Å². The van der Waals surface area contributed by atoms with Gasteiger partial charge in [0.2, 0.25) is 5.91 Å². The number of carbonyl (C=O) groups is 2. The van der Waals surface area contributed by atoms with E-state index in [0.29, 0.717) is 10.6 Å². The summed E-state index contributed by atoms with van der Waals surface area (Å²) in [6.45, 7) is 0. The van der Waals surface area contributed by atoms with E-state index >= 15 is 0 Å². The zero-order chi connectivity index (χ0) is 15.8. The van der Waals surface area contributed by atoms with E-state index in [9.17, 15) is 9.59 Å². The van der Waals surface area contributed by atoms with Crippen molar-refractivity contribution in [1.29, 1.82) is 0 Å². The molecule has 0 bridgehead atoms.